The molecule has 0 radical (unpaired) electrons. The Bertz CT molecular complexity index is 552. The molecular formula is C13H15NO. The van der Waals surface area contributed by atoms with E-state index in [1.165, 1.54) is 0 Å². The highest BCUT2D eigenvalue weighted by Crippen LogP contribution is 2.17. The van der Waals surface area contributed by atoms with Gasteiger partial charge in [-0.25, -0.2) is 0 Å². The molecule has 0 aromatic heterocycles. The summed E-state index contributed by atoms with van der Waals surface area (Å²) in [6.07, 6.45) is 0. The van der Waals surface area contributed by atoms with Gasteiger partial charge < -0.3 is 0 Å². The summed E-state index contributed by atoms with van der Waals surface area (Å²) in [6, 6.07) is 5.97. The Labute approximate surface area is 89.3 Å². The van der Waals surface area contributed by atoms with Crippen LogP contribution in [-0.2, 0) is 4.79 Å². The number of carbonyl (C=O) groups is 1. The summed E-state index contributed by atoms with van der Waals surface area (Å²) in [7, 11) is 0. The van der Waals surface area contributed by atoms with E-state index in [1.807, 2.05) is 45.9 Å². The van der Waals surface area contributed by atoms with Gasteiger partial charge in [-0.2, -0.15) is 0 Å². The van der Waals surface area contributed by atoms with Gasteiger partial charge in [-0.3, -0.25) is 9.79 Å². The standard InChI is InChI=1S/C13H15NO/c1-8-6-5-7-10-9(2)12(15)13(3,4)14-11(8)10/h5-7H,1-4H3. The number of rotatable bonds is 0. The highest BCUT2D eigenvalue weighted by Gasteiger charge is 2.30. The molecule has 0 saturated carbocycles. The fourth-order valence-corrected chi connectivity index (χ4v) is 2.02. The van der Waals surface area contributed by atoms with Gasteiger partial charge in [0, 0.05) is 10.8 Å². The van der Waals surface area contributed by atoms with Crippen LogP contribution in [-0.4, -0.2) is 11.3 Å². The number of carbonyl (C=O) groups excluding carboxylic acids is 1. The number of nitrogens with zero attached hydrogens (tertiary/aromatic N) is 1. The quantitative estimate of drug-likeness (QED) is 0.619. The maximum absolute atomic E-state index is 12.0. The molecule has 1 aliphatic heterocycles. The van der Waals surface area contributed by atoms with Crippen molar-refractivity contribution < 1.29 is 4.79 Å². The number of fused-ring (bicyclic) bond motifs is 1. The average Bonchev–Trinajstić information content (AvgIpc) is 2.17. The Balaban J connectivity index is 2.98. The predicted molar refractivity (Wildman–Crippen MR) is 60.1 cm³/mol. The van der Waals surface area contributed by atoms with Gasteiger partial charge in [0.05, 0.1) is 5.36 Å². The molecule has 1 aromatic rings. The van der Waals surface area contributed by atoms with Gasteiger partial charge >= 0.3 is 0 Å². The lowest BCUT2D eigenvalue weighted by Crippen LogP contribution is -2.45. The minimum atomic E-state index is -0.608. The van der Waals surface area contributed by atoms with Gasteiger partial charge in [-0.05, 0) is 33.3 Å². The zero-order valence-corrected chi connectivity index (χ0v) is 9.59. The van der Waals surface area contributed by atoms with Gasteiger partial charge in [-0.15, -0.1) is 0 Å². The summed E-state index contributed by atoms with van der Waals surface area (Å²) in [4.78, 5) is 16.5. The number of aryl methyl sites for hydroxylation is 1. The third-order valence-corrected chi connectivity index (χ3v) is 2.93. The molecule has 78 valence electrons. The summed E-state index contributed by atoms with van der Waals surface area (Å²) in [5, 5.41) is 1.96. The van der Waals surface area contributed by atoms with Crippen LogP contribution in [0.1, 0.15) is 26.3 Å². The molecule has 0 fully saturated rings. The molecule has 1 aromatic carbocycles. The highest BCUT2D eigenvalue weighted by molar-refractivity contribution is 6.19. The molecule has 1 aliphatic rings. The largest absolute Gasteiger partial charge is 0.292 e. The van der Waals surface area contributed by atoms with E-state index in [1.54, 1.807) is 0 Å². The number of benzene rings is 1. The molecule has 0 saturated heterocycles. The van der Waals surface area contributed by atoms with Crippen molar-refractivity contribution in [2.45, 2.75) is 33.2 Å². The molecule has 2 rings (SSSR count). The van der Waals surface area contributed by atoms with Crippen LogP contribution in [0.15, 0.2) is 23.2 Å². The first kappa shape index (κ1) is 10.1. The lowest BCUT2D eigenvalue weighted by molar-refractivity contribution is -0.117. The average molecular weight is 201 g/mol. The first-order valence-corrected chi connectivity index (χ1v) is 5.15. The zero-order valence-electron chi connectivity index (χ0n) is 9.59. The van der Waals surface area contributed by atoms with Crippen molar-refractivity contribution in [2.24, 2.45) is 4.99 Å². The Morgan fingerprint density at radius 1 is 1.20 bits per heavy atom. The van der Waals surface area contributed by atoms with Crippen molar-refractivity contribution >= 4 is 11.4 Å². The molecule has 0 atom stereocenters. The lowest BCUT2D eigenvalue weighted by Gasteiger charge is -2.22. The first-order valence-electron chi connectivity index (χ1n) is 5.15. The van der Waals surface area contributed by atoms with E-state index < -0.39 is 5.54 Å². The summed E-state index contributed by atoms with van der Waals surface area (Å²) >= 11 is 0. The van der Waals surface area contributed by atoms with Crippen LogP contribution in [0.2, 0.25) is 0 Å². The topological polar surface area (TPSA) is 29.4 Å². The van der Waals surface area contributed by atoms with Crippen molar-refractivity contribution in [2.75, 3.05) is 0 Å². The normalized spacial score (nSPS) is 18.4. The maximum atomic E-state index is 12.0. The SMILES string of the molecule is CC1=c2cccc(C)c2=NC(C)(C)C1=O. The van der Waals surface area contributed by atoms with E-state index >= 15 is 0 Å². The van der Waals surface area contributed by atoms with Crippen molar-refractivity contribution in [3.8, 4) is 0 Å². The van der Waals surface area contributed by atoms with E-state index in [0.29, 0.717) is 0 Å². The van der Waals surface area contributed by atoms with Crippen LogP contribution in [0.4, 0.5) is 0 Å². The van der Waals surface area contributed by atoms with Crippen molar-refractivity contribution in [1.29, 1.82) is 0 Å². The van der Waals surface area contributed by atoms with Crippen LogP contribution in [0.5, 0.6) is 0 Å². The van der Waals surface area contributed by atoms with Crippen molar-refractivity contribution in [1.82, 2.24) is 0 Å². The number of Topliss-reactive ketones (excluding diaryl/α,β-unsaturated/α-hetero) is 1. The van der Waals surface area contributed by atoms with Crippen LogP contribution >= 0.6 is 0 Å². The molecule has 1 heterocycles. The molecule has 0 unspecified atom stereocenters. The second kappa shape index (κ2) is 3.02. The first-order chi connectivity index (χ1) is 6.93. The lowest BCUT2D eigenvalue weighted by atomic mass is 9.90. The van der Waals surface area contributed by atoms with Gasteiger partial charge in [0.25, 0.3) is 0 Å². The van der Waals surface area contributed by atoms with E-state index in [2.05, 4.69) is 4.99 Å². The molecule has 0 spiro atoms. The molecule has 0 N–H and O–H groups in total. The summed E-state index contributed by atoms with van der Waals surface area (Å²) in [5.41, 5.74) is 1.35. The summed E-state index contributed by atoms with van der Waals surface area (Å²) in [6.45, 7) is 7.65. The number of hydrogen-bond acceptors (Lipinski definition) is 2. The van der Waals surface area contributed by atoms with Crippen molar-refractivity contribution in [3.63, 3.8) is 0 Å². The second-order valence-corrected chi connectivity index (χ2v) is 4.60. The number of ketones is 1. The van der Waals surface area contributed by atoms with Crippen LogP contribution < -0.4 is 10.6 Å². The second-order valence-electron chi connectivity index (χ2n) is 4.60. The Kier molecular flexibility index (Phi) is 2.03. The highest BCUT2D eigenvalue weighted by atomic mass is 16.1. The van der Waals surface area contributed by atoms with Gasteiger partial charge in [0.15, 0.2) is 5.78 Å². The Hall–Kier alpha value is -1.44. The maximum Gasteiger partial charge on any atom is 0.186 e. The molecular weight excluding hydrogens is 186 g/mol. The van der Waals surface area contributed by atoms with Gasteiger partial charge in [0.1, 0.15) is 5.54 Å². The monoisotopic (exact) mass is 201 g/mol. The zero-order chi connectivity index (χ0) is 11.2. The smallest absolute Gasteiger partial charge is 0.186 e. The summed E-state index contributed by atoms with van der Waals surface area (Å²) < 4.78 is 0. The number of para-hydroxylation sites is 1. The third-order valence-electron chi connectivity index (χ3n) is 2.93. The number of hydrogen-bond donors (Lipinski definition) is 0. The van der Waals surface area contributed by atoms with E-state index in [4.69, 9.17) is 0 Å². The third kappa shape index (κ3) is 1.41. The molecule has 0 aliphatic carbocycles. The van der Waals surface area contributed by atoms with Crippen LogP contribution in [0.3, 0.4) is 0 Å². The minimum absolute atomic E-state index is 0.126. The van der Waals surface area contributed by atoms with Crippen molar-refractivity contribution in [3.05, 3.63) is 34.3 Å². The van der Waals surface area contributed by atoms with Gasteiger partial charge in [0.2, 0.25) is 0 Å². The predicted octanol–water partition coefficient (Wildman–Crippen LogP) is 1.15. The molecule has 2 nitrogen and oxygen atoms in total. The Morgan fingerprint density at radius 3 is 2.53 bits per heavy atom. The molecule has 0 amide bonds. The molecule has 2 heteroatoms. The fraction of sp³-hybridized carbons (Fsp3) is 0.385. The van der Waals surface area contributed by atoms with Crippen LogP contribution in [0.25, 0.3) is 5.57 Å². The van der Waals surface area contributed by atoms with E-state index in [0.717, 1.165) is 21.7 Å². The minimum Gasteiger partial charge on any atom is -0.292 e. The fourth-order valence-electron chi connectivity index (χ4n) is 2.02. The molecule has 15 heavy (non-hydrogen) atoms. The van der Waals surface area contributed by atoms with E-state index in [-0.39, 0.29) is 5.78 Å². The van der Waals surface area contributed by atoms with E-state index in [9.17, 15) is 4.79 Å². The Morgan fingerprint density at radius 2 is 1.87 bits per heavy atom. The van der Waals surface area contributed by atoms with Gasteiger partial charge in [-0.1, -0.05) is 18.2 Å². The summed E-state index contributed by atoms with van der Waals surface area (Å²) in [5.74, 6) is 0.126. The van der Waals surface area contributed by atoms with Crippen LogP contribution in [0, 0.1) is 6.92 Å². The molecule has 0 bridgehead atoms.